The number of carbonyl (C=O) groups excluding carboxylic acids is 1. The number of aromatic nitrogens is 1. The Kier molecular flexibility index (Phi) is 5.68. The Morgan fingerprint density at radius 2 is 1.64 bits per heavy atom. The van der Waals surface area contributed by atoms with E-state index in [-0.39, 0.29) is 11.9 Å². The average Bonchev–Trinajstić information content (AvgIpc) is 3.16. The molecule has 3 aromatic rings. The lowest BCUT2D eigenvalue weighted by Crippen LogP contribution is -2.28. The Bertz CT molecular complexity index is 777. The maximum Gasteiger partial charge on any atom is 0.222 e. The zero-order valence-corrected chi connectivity index (χ0v) is 14.6. The van der Waals surface area contributed by atoms with Gasteiger partial charge in [0.2, 0.25) is 5.91 Å². The van der Waals surface area contributed by atoms with Crippen molar-refractivity contribution in [1.82, 2.24) is 9.88 Å². The summed E-state index contributed by atoms with van der Waals surface area (Å²) in [5, 5.41) is 3.05. The molecule has 3 heteroatoms. The van der Waals surface area contributed by atoms with Crippen LogP contribution in [0.25, 0.3) is 0 Å². The first-order chi connectivity index (χ1) is 12.2. The number of nitrogens with one attached hydrogen (secondary N) is 1. The Morgan fingerprint density at radius 1 is 0.960 bits per heavy atom. The molecule has 0 aliphatic heterocycles. The average molecular weight is 332 g/mol. The smallest absolute Gasteiger partial charge is 0.222 e. The van der Waals surface area contributed by atoms with Crippen molar-refractivity contribution in [3.8, 4) is 0 Å². The molecule has 1 heterocycles. The fraction of sp³-hybridized carbons (Fsp3) is 0.227. The van der Waals surface area contributed by atoms with Crippen LogP contribution in [-0.4, -0.2) is 17.0 Å². The fourth-order valence-electron chi connectivity index (χ4n) is 2.98. The van der Waals surface area contributed by atoms with E-state index in [2.05, 4.69) is 53.2 Å². The van der Waals surface area contributed by atoms with Crippen LogP contribution in [0.15, 0.2) is 79.1 Å². The molecule has 0 bridgehead atoms. The van der Waals surface area contributed by atoms with E-state index in [1.165, 1.54) is 11.1 Å². The Hall–Kier alpha value is -2.81. The molecule has 128 valence electrons. The maximum atomic E-state index is 12.5. The molecule has 2 aromatic carbocycles. The van der Waals surface area contributed by atoms with Gasteiger partial charge in [0.25, 0.3) is 0 Å². The highest BCUT2D eigenvalue weighted by molar-refractivity contribution is 5.76. The van der Waals surface area contributed by atoms with Gasteiger partial charge in [0.1, 0.15) is 0 Å². The van der Waals surface area contributed by atoms with Crippen LogP contribution >= 0.6 is 0 Å². The Balaban J connectivity index is 1.62. The van der Waals surface area contributed by atoms with Gasteiger partial charge in [-0.1, -0.05) is 60.2 Å². The molecule has 3 rings (SSSR count). The van der Waals surface area contributed by atoms with Crippen molar-refractivity contribution < 1.29 is 4.79 Å². The SMILES string of the molecule is Cc1ccc([C@@H](CC(=O)NCCc2ccccc2)n2cccc2)cc1. The van der Waals surface area contributed by atoms with Crippen LogP contribution in [0.2, 0.25) is 0 Å². The number of rotatable bonds is 7. The Morgan fingerprint density at radius 3 is 2.32 bits per heavy atom. The van der Waals surface area contributed by atoms with Crippen LogP contribution in [0.1, 0.15) is 29.2 Å². The molecule has 1 amide bonds. The summed E-state index contributed by atoms with van der Waals surface area (Å²) in [7, 11) is 0. The van der Waals surface area contributed by atoms with Gasteiger partial charge in [-0.25, -0.2) is 0 Å². The normalized spacial score (nSPS) is 11.9. The summed E-state index contributed by atoms with van der Waals surface area (Å²) in [6.45, 7) is 2.74. The quantitative estimate of drug-likeness (QED) is 0.693. The monoisotopic (exact) mass is 332 g/mol. The first-order valence-corrected chi connectivity index (χ1v) is 8.72. The van der Waals surface area contributed by atoms with Crippen molar-refractivity contribution in [3.05, 3.63) is 95.8 Å². The van der Waals surface area contributed by atoms with E-state index >= 15 is 0 Å². The molecule has 0 saturated heterocycles. The van der Waals surface area contributed by atoms with E-state index in [0.29, 0.717) is 13.0 Å². The van der Waals surface area contributed by atoms with Crippen LogP contribution < -0.4 is 5.32 Å². The summed E-state index contributed by atoms with van der Waals surface area (Å²) in [5.41, 5.74) is 3.62. The number of hydrogen-bond donors (Lipinski definition) is 1. The molecule has 0 fully saturated rings. The standard InChI is InChI=1S/C22H24N2O/c1-18-9-11-20(12-10-18)21(24-15-5-6-16-24)17-22(25)23-14-13-19-7-3-2-4-8-19/h2-12,15-16,21H,13-14,17H2,1H3,(H,23,25)/t21-/m1/s1. The summed E-state index contributed by atoms with van der Waals surface area (Å²) in [6, 6.07) is 22.6. The molecule has 1 aromatic heterocycles. The third-order valence-electron chi connectivity index (χ3n) is 4.41. The molecule has 1 N–H and O–H groups in total. The van der Waals surface area contributed by atoms with Crippen LogP contribution in [-0.2, 0) is 11.2 Å². The highest BCUT2D eigenvalue weighted by Crippen LogP contribution is 2.22. The first kappa shape index (κ1) is 17.0. The van der Waals surface area contributed by atoms with E-state index < -0.39 is 0 Å². The largest absolute Gasteiger partial charge is 0.356 e. The lowest BCUT2D eigenvalue weighted by Gasteiger charge is -2.19. The van der Waals surface area contributed by atoms with Gasteiger partial charge in [0.05, 0.1) is 12.5 Å². The summed E-state index contributed by atoms with van der Waals surface area (Å²) in [5.74, 6) is 0.0789. The molecule has 0 spiro atoms. The minimum Gasteiger partial charge on any atom is -0.356 e. The van der Waals surface area contributed by atoms with Gasteiger partial charge in [-0.3, -0.25) is 4.79 Å². The second-order valence-corrected chi connectivity index (χ2v) is 6.35. The molecular weight excluding hydrogens is 308 g/mol. The van der Waals surface area contributed by atoms with Crippen molar-refractivity contribution in [1.29, 1.82) is 0 Å². The molecule has 3 nitrogen and oxygen atoms in total. The molecule has 0 aliphatic carbocycles. The second-order valence-electron chi connectivity index (χ2n) is 6.35. The van der Waals surface area contributed by atoms with Gasteiger partial charge >= 0.3 is 0 Å². The minimum absolute atomic E-state index is 0.0207. The highest BCUT2D eigenvalue weighted by Gasteiger charge is 2.17. The lowest BCUT2D eigenvalue weighted by atomic mass is 10.0. The van der Waals surface area contributed by atoms with E-state index in [9.17, 15) is 4.79 Å². The van der Waals surface area contributed by atoms with Gasteiger partial charge in [0, 0.05) is 18.9 Å². The fourth-order valence-corrected chi connectivity index (χ4v) is 2.98. The third kappa shape index (κ3) is 4.83. The molecule has 0 saturated carbocycles. The number of amides is 1. The summed E-state index contributed by atoms with van der Waals surface area (Å²) in [4.78, 5) is 12.5. The topological polar surface area (TPSA) is 34.0 Å². The summed E-state index contributed by atoms with van der Waals surface area (Å²) in [6.07, 6.45) is 5.32. The first-order valence-electron chi connectivity index (χ1n) is 8.72. The van der Waals surface area contributed by atoms with Crippen molar-refractivity contribution in [2.75, 3.05) is 6.54 Å². The van der Waals surface area contributed by atoms with Crippen molar-refractivity contribution >= 4 is 5.91 Å². The molecule has 1 atom stereocenters. The third-order valence-corrected chi connectivity index (χ3v) is 4.41. The van der Waals surface area contributed by atoms with Crippen LogP contribution in [0.5, 0.6) is 0 Å². The maximum absolute atomic E-state index is 12.5. The lowest BCUT2D eigenvalue weighted by molar-refractivity contribution is -0.121. The van der Waals surface area contributed by atoms with E-state index in [1.54, 1.807) is 0 Å². The molecule has 25 heavy (non-hydrogen) atoms. The predicted molar refractivity (Wildman–Crippen MR) is 102 cm³/mol. The van der Waals surface area contributed by atoms with Gasteiger partial charge in [-0.2, -0.15) is 0 Å². The number of hydrogen-bond acceptors (Lipinski definition) is 1. The molecule has 0 unspecified atom stereocenters. The van der Waals surface area contributed by atoms with Crippen molar-refractivity contribution in [3.63, 3.8) is 0 Å². The van der Waals surface area contributed by atoms with Crippen LogP contribution in [0.3, 0.4) is 0 Å². The highest BCUT2D eigenvalue weighted by atomic mass is 16.1. The number of aryl methyl sites for hydroxylation is 1. The van der Waals surface area contributed by atoms with Crippen molar-refractivity contribution in [2.24, 2.45) is 0 Å². The van der Waals surface area contributed by atoms with E-state index in [1.807, 2.05) is 42.7 Å². The summed E-state index contributed by atoms with van der Waals surface area (Å²) < 4.78 is 2.10. The number of nitrogens with zero attached hydrogens (tertiary/aromatic N) is 1. The predicted octanol–water partition coefficient (Wildman–Crippen LogP) is 4.13. The van der Waals surface area contributed by atoms with Crippen molar-refractivity contribution in [2.45, 2.75) is 25.8 Å². The second kappa shape index (κ2) is 8.34. The number of carbonyl (C=O) groups is 1. The zero-order valence-electron chi connectivity index (χ0n) is 14.6. The zero-order chi connectivity index (χ0) is 17.5. The summed E-state index contributed by atoms with van der Waals surface area (Å²) >= 11 is 0. The molecule has 0 aliphatic rings. The van der Waals surface area contributed by atoms with E-state index in [4.69, 9.17) is 0 Å². The Labute approximate surface area is 149 Å². The van der Waals surface area contributed by atoms with Gasteiger partial charge in [-0.15, -0.1) is 0 Å². The molecule has 0 radical (unpaired) electrons. The van der Waals surface area contributed by atoms with Crippen LogP contribution in [0.4, 0.5) is 0 Å². The van der Waals surface area contributed by atoms with E-state index in [0.717, 1.165) is 12.0 Å². The van der Waals surface area contributed by atoms with Crippen LogP contribution in [0, 0.1) is 6.92 Å². The van der Waals surface area contributed by atoms with Gasteiger partial charge in [0.15, 0.2) is 0 Å². The number of benzene rings is 2. The molecular formula is C22H24N2O. The minimum atomic E-state index is 0.0207. The van der Waals surface area contributed by atoms with Gasteiger partial charge < -0.3 is 9.88 Å². The van der Waals surface area contributed by atoms with Gasteiger partial charge in [-0.05, 0) is 36.6 Å².